The van der Waals surface area contributed by atoms with Crippen molar-refractivity contribution in [2.24, 2.45) is 5.92 Å². The van der Waals surface area contributed by atoms with Gasteiger partial charge >= 0.3 is 18.0 Å². The van der Waals surface area contributed by atoms with Crippen molar-refractivity contribution in [1.29, 1.82) is 0 Å². The molecule has 2 aromatic rings. The first-order valence-corrected chi connectivity index (χ1v) is 18.6. The van der Waals surface area contributed by atoms with E-state index in [-0.39, 0.29) is 36.4 Å². The van der Waals surface area contributed by atoms with Crippen LogP contribution in [0, 0.1) is 5.92 Å². The van der Waals surface area contributed by atoms with Crippen LogP contribution in [0.1, 0.15) is 81.1 Å². The number of esters is 2. The molecule has 1 aromatic heterocycles. The summed E-state index contributed by atoms with van der Waals surface area (Å²) in [7, 11) is 4.04. The number of ether oxygens (including phenoxy) is 5. The van der Waals surface area contributed by atoms with Gasteiger partial charge in [-0.3, -0.25) is 9.59 Å². The molecule has 1 aromatic carbocycles. The number of fused-ring (bicyclic) bond motifs is 3. The summed E-state index contributed by atoms with van der Waals surface area (Å²) < 4.78 is 28.2. The van der Waals surface area contributed by atoms with Crippen LogP contribution in [0.3, 0.4) is 0 Å². The Morgan fingerprint density at radius 3 is 2.48 bits per heavy atom. The van der Waals surface area contributed by atoms with Crippen molar-refractivity contribution >= 4 is 56.7 Å². The highest BCUT2D eigenvalue weighted by molar-refractivity contribution is 9.10. The predicted molar refractivity (Wildman–Crippen MR) is 191 cm³/mol. The fourth-order valence-corrected chi connectivity index (χ4v) is 8.10. The largest absolute Gasteiger partial charge is 0.495 e. The number of nitrogens with one attached hydrogen (secondary N) is 2. The number of hydrogen-bond donors (Lipinski definition) is 2. The second-order valence-corrected chi connectivity index (χ2v) is 14.6. The lowest BCUT2D eigenvalue weighted by molar-refractivity contribution is -0.148. The quantitative estimate of drug-likeness (QED) is 0.226. The molecule has 0 radical (unpaired) electrons. The first-order chi connectivity index (χ1) is 25.1. The summed E-state index contributed by atoms with van der Waals surface area (Å²) in [6.07, 6.45) is 9.76. The van der Waals surface area contributed by atoms with Gasteiger partial charge in [-0.1, -0.05) is 25.0 Å². The number of hydrogen-bond acceptors (Lipinski definition) is 11. The van der Waals surface area contributed by atoms with Gasteiger partial charge in [0.1, 0.15) is 41.3 Å². The van der Waals surface area contributed by atoms with Gasteiger partial charge in [0.05, 0.1) is 37.9 Å². The molecule has 1 unspecified atom stereocenters. The molecule has 3 amide bonds. The Balaban J connectivity index is 1.33. The van der Waals surface area contributed by atoms with Gasteiger partial charge in [0.15, 0.2) is 5.69 Å². The standard InChI is InChI=1S/C37H45BrN4O10/c1-48-28-16-15-24-29(18-26(34(45)49-2)39-31(24)30(28)38)51-23-17-27-32(43)41-37(35(46)50-3)19-21(37)11-7-5-4-6-8-14-25(33(44)42(27)20-23)40-36(47)52-22-12-9-10-13-22/h7,11,15-16,18,21-23,25,27H,4-6,8-10,12-14,17,19-20H2,1-3H3,(H,40,47)(H,41,43)/t21?,23-,25+,27+,37-/m1/s1. The van der Waals surface area contributed by atoms with Crippen molar-refractivity contribution < 1.29 is 47.7 Å². The second kappa shape index (κ2) is 16.1. The van der Waals surface area contributed by atoms with E-state index in [0.717, 1.165) is 44.9 Å². The number of pyridine rings is 1. The van der Waals surface area contributed by atoms with E-state index >= 15 is 0 Å². The third kappa shape index (κ3) is 7.83. The first kappa shape index (κ1) is 37.4. The Morgan fingerprint density at radius 1 is 0.981 bits per heavy atom. The molecule has 3 heterocycles. The van der Waals surface area contributed by atoms with Crippen LogP contribution in [0.4, 0.5) is 4.79 Å². The van der Waals surface area contributed by atoms with Crippen LogP contribution < -0.4 is 20.1 Å². The number of aromatic nitrogens is 1. The average molecular weight is 786 g/mol. The molecule has 52 heavy (non-hydrogen) atoms. The van der Waals surface area contributed by atoms with Crippen LogP contribution in [0.5, 0.6) is 11.5 Å². The molecule has 0 spiro atoms. The van der Waals surface area contributed by atoms with Crippen molar-refractivity contribution in [3.05, 3.63) is 40.5 Å². The smallest absolute Gasteiger partial charge is 0.408 e. The molecule has 3 fully saturated rings. The Labute approximate surface area is 310 Å². The zero-order valence-corrected chi connectivity index (χ0v) is 31.2. The highest BCUT2D eigenvalue weighted by Crippen LogP contribution is 2.46. The van der Waals surface area contributed by atoms with Gasteiger partial charge in [0, 0.05) is 23.8 Å². The third-order valence-corrected chi connectivity index (χ3v) is 11.2. The predicted octanol–water partition coefficient (Wildman–Crippen LogP) is 4.75. The summed E-state index contributed by atoms with van der Waals surface area (Å²) in [5.41, 5.74) is -0.878. The van der Waals surface area contributed by atoms with E-state index in [9.17, 15) is 24.0 Å². The van der Waals surface area contributed by atoms with Gasteiger partial charge < -0.3 is 39.2 Å². The fraction of sp³-hybridized carbons (Fsp3) is 0.568. The minimum absolute atomic E-state index is 0.0153. The molecule has 2 saturated carbocycles. The maximum atomic E-state index is 14.5. The van der Waals surface area contributed by atoms with E-state index in [4.69, 9.17) is 23.7 Å². The number of nitrogens with zero attached hydrogens (tertiary/aromatic N) is 2. The summed E-state index contributed by atoms with van der Waals surface area (Å²) in [5, 5.41) is 6.29. The molecule has 5 atom stereocenters. The van der Waals surface area contributed by atoms with E-state index in [2.05, 4.69) is 31.5 Å². The third-order valence-electron chi connectivity index (χ3n) is 10.4. The van der Waals surface area contributed by atoms with Crippen molar-refractivity contribution in [2.75, 3.05) is 27.9 Å². The molecule has 15 heteroatoms. The molecule has 280 valence electrons. The fourth-order valence-electron chi connectivity index (χ4n) is 7.50. The van der Waals surface area contributed by atoms with E-state index in [0.29, 0.717) is 40.4 Å². The van der Waals surface area contributed by atoms with E-state index in [1.165, 1.54) is 32.3 Å². The van der Waals surface area contributed by atoms with Crippen LogP contribution in [-0.4, -0.2) is 97.4 Å². The van der Waals surface area contributed by atoms with Crippen molar-refractivity contribution in [2.45, 2.75) is 100 Å². The number of carbonyl (C=O) groups is 5. The maximum absolute atomic E-state index is 14.5. The van der Waals surface area contributed by atoms with Gasteiger partial charge in [-0.25, -0.2) is 19.4 Å². The number of amides is 3. The van der Waals surface area contributed by atoms with Crippen LogP contribution in [0.25, 0.3) is 10.9 Å². The lowest BCUT2D eigenvalue weighted by Crippen LogP contribution is -2.56. The van der Waals surface area contributed by atoms with Crippen molar-refractivity contribution in [3.8, 4) is 11.5 Å². The van der Waals surface area contributed by atoms with E-state index in [1.807, 2.05) is 12.2 Å². The first-order valence-electron chi connectivity index (χ1n) is 17.9. The maximum Gasteiger partial charge on any atom is 0.408 e. The Hall–Kier alpha value is -4.40. The SMILES string of the molecule is COC(=O)c1cc(O[C@@H]2C[C@H]3C(=O)N[C@]4(C(=O)OC)CC4C=CCCCCC[C@H](NC(=O)OC4CCCC4)C(=O)N3C2)c2ccc(OC)c(Br)c2n1. The van der Waals surface area contributed by atoms with Crippen LogP contribution in [-0.2, 0) is 28.6 Å². The molecule has 2 aliphatic carbocycles. The van der Waals surface area contributed by atoms with Gasteiger partial charge in [-0.2, -0.15) is 0 Å². The number of halogens is 1. The average Bonchev–Trinajstić information content (AvgIpc) is 3.42. The summed E-state index contributed by atoms with van der Waals surface area (Å²) in [5.74, 6) is -1.72. The Bertz CT molecular complexity index is 1750. The number of methoxy groups -OCH3 is 3. The monoisotopic (exact) mass is 784 g/mol. The van der Waals surface area contributed by atoms with Crippen molar-refractivity contribution in [3.63, 3.8) is 0 Å². The summed E-state index contributed by atoms with van der Waals surface area (Å²) in [4.78, 5) is 73.4. The normalized spacial score (nSPS) is 26.7. The molecular formula is C37H45BrN4O10. The van der Waals surface area contributed by atoms with E-state index < -0.39 is 53.6 Å². The van der Waals surface area contributed by atoms with Gasteiger partial charge in [0.2, 0.25) is 11.8 Å². The van der Waals surface area contributed by atoms with Gasteiger partial charge in [-0.15, -0.1) is 0 Å². The van der Waals surface area contributed by atoms with Crippen LogP contribution in [0.15, 0.2) is 34.8 Å². The van der Waals surface area contributed by atoms with Crippen molar-refractivity contribution in [1.82, 2.24) is 20.5 Å². The molecule has 4 aliphatic rings. The van der Waals surface area contributed by atoms with E-state index in [1.54, 1.807) is 12.1 Å². The van der Waals surface area contributed by atoms with Crippen LogP contribution >= 0.6 is 15.9 Å². The Morgan fingerprint density at radius 2 is 1.75 bits per heavy atom. The lowest BCUT2D eigenvalue weighted by atomic mass is 10.0. The molecule has 1 saturated heterocycles. The highest BCUT2D eigenvalue weighted by atomic mass is 79.9. The van der Waals surface area contributed by atoms with Crippen LogP contribution in [0.2, 0.25) is 0 Å². The second-order valence-electron chi connectivity index (χ2n) is 13.8. The molecule has 2 N–H and O–H groups in total. The van der Waals surface area contributed by atoms with Gasteiger partial charge in [-0.05, 0) is 79.4 Å². The Kier molecular flexibility index (Phi) is 11.6. The minimum atomic E-state index is -1.25. The highest BCUT2D eigenvalue weighted by Gasteiger charge is 2.62. The van der Waals surface area contributed by atoms with Gasteiger partial charge in [0.25, 0.3) is 0 Å². The molecule has 6 rings (SSSR count). The summed E-state index contributed by atoms with van der Waals surface area (Å²) in [6, 6.07) is 2.92. The summed E-state index contributed by atoms with van der Waals surface area (Å²) in [6.45, 7) is -0.0178. The number of allylic oxidation sites excluding steroid dienone is 1. The molecule has 14 nitrogen and oxygen atoms in total. The zero-order valence-electron chi connectivity index (χ0n) is 29.6. The molecule has 0 bridgehead atoms. The number of carbonyl (C=O) groups excluding carboxylic acids is 5. The molecular weight excluding hydrogens is 740 g/mol. The molecule has 2 aliphatic heterocycles. The lowest BCUT2D eigenvalue weighted by Gasteiger charge is -2.29. The minimum Gasteiger partial charge on any atom is -0.495 e. The summed E-state index contributed by atoms with van der Waals surface area (Å²) >= 11 is 3.52. The number of rotatable bonds is 7. The number of alkyl carbamates (subject to hydrolysis) is 1. The topological polar surface area (TPSA) is 172 Å². The zero-order chi connectivity index (χ0) is 37.0. The number of benzene rings is 1.